The Morgan fingerprint density at radius 1 is 1.23 bits per heavy atom. The minimum atomic E-state index is 0.217. The summed E-state index contributed by atoms with van der Waals surface area (Å²) < 4.78 is 0. The molecule has 0 spiro atoms. The minimum absolute atomic E-state index is 0.217. The molecule has 1 radical (unpaired) electrons. The zero-order valence-corrected chi connectivity index (χ0v) is 9.43. The van der Waals surface area contributed by atoms with Crippen molar-refractivity contribution in [1.82, 2.24) is 0 Å². The zero-order valence-electron chi connectivity index (χ0n) is 8.53. The monoisotopic (exact) mass is 193 g/mol. The molecule has 2 atom stereocenters. The Bertz CT molecular complexity index is 230. The van der Waals surface area contributed by atoms with Crippen molar-refractivity contribution >= 4 is 7.92 Å². The van der Waals surface area contributed by atoms with Crippen LogP contribution in [0.2, 0.25) is 0 Å². The van der Waals surface area contributed by atoms with Crippen LogP contribution in [0.4, 0.5) is 0 Å². The largest absolute Gasteiger partial charge is 0.0760 e. The molecule has 0 unspecified atom stereocenters. The zero-order chi connectivity index (χ0) is 9.26. The molecule has 1 saturated heterocycles. The van der Waals surface area contributed by atoms with Gasteiger partial charge in [0.2, 0.25) is 0 Å². The van der Waals surface area contributed by atoms with Crippen LogP contribution in [0, 0.1) is 6.42 Å². The van der Waals surface area contributed by atoms with Crippen molar-refractivity contribution in [3.05, 3.63) is 30.0 Å². The summed E-state index contributed by atoms with van der Waals surface area (Å²) in [6.07, 6.45) is 13.3. The van der Waals surface area contributed by atoms with Gasteiger partial charge in [0.25, 0.3) is 0 Å². The van der Waals surface area contributed by atoms with Gasteiger partial charge in [-0.15, -0.1) is 0 Å². The fourth-order valence-electron chi connectivity index (χ4n) is 2.39. The highest BCUT2D eigenvalue weighted by atomic mass is 31.1. The van der Waals surface area contributed by atoms with Gasteiger partial charge in [0.1, 0.15) is 0 Å². The number of hydrogen-bond acceptors (Lipinski definition) is 0. The van der Waals surface area contributed by atoms with Gasteiger partial charge < -0.3 is 0 Å². The number of allylic oxidation sites excluding steroid dienone is 4. The van der Waals surface area contributed by atoms with Crippen LogP contribution >= 0.6 is 7.92 Å². The normalized spacial score (nSPS) is 33.2. The molecule has 71 valence electrons. The number of rotatable bonds is 3. The Hall–Kier alpha value is -0.0900. The van der Waals surface area contributed by atoms with Crippen molar-refractivity contribution in [2.24, 2.45) is 0 Å². The third-order valence-electron chi connectivity index (χ3n) is 3.22. The second-order valence-corrected chi connectivity index (χ2v) is 6.70. The summed E-state index contributed by atoms with van der Waals surface area (Å²) >= 11 is 0. The molecule has 1 heterocycles. The summed E-state index contributed by atoms with van der Waals surface area (Å²) in [7, 11) is 0.217. The highest BCUT2D eigenvalue weighted by Gasteiger charge is 2.39. The van der Waals surface area contributed by atoms with Gasteiger partial charge in [-0.05, 0) is 35.9 Å². The first kappa shape index (κ1) is 9.46. The van der Waals surface area contributed by atoms with Gasteiger partial charge >= 0.3 is 0 Å². The Balaban J connectivity index is 2.02. The quantitative estimate of drug-likeness (QED) is 0.592. The van der Waals surface area contributed by atoms with Gasteiger partial charge in [-0.2, -0.15) is 0 Å². The summed E-state index contributed by atoms with van der Waals surface area (Å²) in [6.45, 7) is 4.68. The van der Waals surface area contributed by atoms with Crippen LogP contribution in [0.15, 0.2) is 23.5 Å². The van der Waals surface area contributed by atoms with Crippen molar-refractivity contribution in [2.45, 2.75) is 44.4 Å². The maximum absolute atomic E-state index is 2.34. The van der Waals surface area contributed by atoms with Crippen LogP contribution in [0.3, 0.4) is 0 Å². The molecule has 0 aromatic heterocycles. The van der Waals surface area contributed by atoms with E-state index in [4.69, 9.17) is 0 Å². The Morgan fingerprint density at radius 2 is 1.92 bits per heavy atom. The lowest BCUT2D eigenvalue weighted by Crippen LogP contribution is -2.29. The third-order valence-corrected chi connectivity index (χ3v) is 6.84. The fraction of sp³-hybridized carbons (Fsp3) is 0.583. The van der Waals surface area contributed by atoms with E-state index in [1.54, 1.807) is 5.31 Å². The predicted molar refractivity (Wildman–Crippen MR) is 61.2 cm³/mol. The van der Waals surface area contributed by atoms with Crippen molar-refractivity contribution < 1.29 is 0 Å². The van der Waals surface area contributed by atoms with Crippen LogP contribution in [0.1, 0.15) is 33.1 Å². The maximum atomic E-state index is 2.34. The average Bonchev–Trinajstić information content (AvgIpc) is 2.57. The van der Waals surface area contributed by atoms with Crippen molar-refractivity contribution in [3.63, 3.8) is 0 Å². The lowest BCUT2D eigenvalue weighted by Gasteiger charge is -2.46. The van der Waals surface area contributed by atoms with Crippen LogP contribution in [0.25, 0.3) is 0 Å². The van der Waals surface area contributed by atoms with E-state index in [-0.39, 0.29) is 7.92 Å². The van der Waals surface area contributed by atoms with E-state index in [1.165, 1.54) is 19.3 Å². The number of hydrogen-bond donors (Lipinski definition) is 0. The van der Waals surface area contributed by atoms with Gasteiger partial charge in [0, 0.05) is 6.42 Å². The molecular weight excluding hydrogens is 175 g/mol. The lowest BCUT2D eigenvalue weighted by molar-refractivity contribution is 0.607. The molecule has 2 aliphatic rings. The maximum Gasteiger partial charge on any atom is 0.0130 e. The summed E-state index contributed by atoms with van der Waals surface area (Å²) in [5, 5.41) is 1.65. The Kier molecular flexibility index (Phi) is 2.89. The first-order valence-electron chi connectivity index (χ1n) is 5.36. The SMILES string of the molecule is CC[C@@H]1C[C@@H](CC)P1C1=CC=C[CH]1. The summed E-state index contributed by atoms with van der Waals surface area (Å²) in [4.78, 5) is 0. The first-order valence-corrected chi connectivity index (χ1v) is 6.84. The van der Waals surface area contributed by atoms with Gasteiger partial charge in [-0.1, -0.05) is 40.0 Å². The molecule has 0 aromatic rings. The van der Waals surface area contributed by atoms with Crippen LogP contribution in [-0.2, 0) is 0 Å². The molecule has 0 nitrogen and oxygen atoms in total. The molecule has 0 N–H and O–H groups in total. The standard InChI is InChI=1S/C12H18P/c1-3-10-9-11(4-2)13(10)12-7-5-6-8-12/h5-8,10-11H,3-4,9H2,1-2H3/t10-,11-/m1/s1. The lowest BCUT2D eigenvalue weighted by atomic mass is 10.1. The van der Waals surface area contributed by atoms with E-state index in [9.17, 15) is 0 Å². The highest BCUT2D eigenvalue weighted by molar-refractivity contribution is 7.65. The smallest absolute Gasteiger partial charge is 0.0130 e. The molecule has 1 aliphatic carbocycles. The van der Waals surface area contributed by atoms with Crippen molar-refractivity contribution in [1.29, 1.82) is 0 Å². The summed E-state index contributed by atoms with van der Waals surface area (Å²) in [6, 6.07) is 0. The first-order chi connectivity index (χ1) is 6.36. The second-order valence-electron chi connectivity index (χ2n) is 3.91. The molecule has 13 heavy (non-hydrogen) atoms. The second kappa shape index (κ2) is 3.96. The van der Waals surface area contributed by atoms with E-state index in [1.807, 2.05) is 0 Å². The molecule has 0 bridgehead atoms. The topological polar surface area (TPSA) is 0 Å². The van der Waals surface area contributed by atoms with Crippen molar-refractivity contribution in [2.75, 3.05) is 0 Å². The van der Waals surface area contributed by atoms with Crippen LogP contribution in [0.5, 0.6) is 0 Å². The Labute approximate surface area is 82.9 Å². The summed E-state index contributed by atoms with van der Waals surface area (Å²) in [5.41, 5.74) is 2.06. The highest BCUT2D eigenvalue weighted by Crippen LogP contribution is 2.67. The van der Waals surface area contributed by atoms with E-state index < -0.39 is 0 Å². The van der Waals surface area contributed by atoms with Crippen LogP contribution in [-0.4, -0.2) is 11.3 Å². The molecule has 0 aromatic carbocycles. The van der Waals surface area contributed by atoms with Crippen LogP contribution < -0.4 is 0 Å². The van der Waals surface area contributed by atoms with Gasteiger partial charge in [0.15, 0.2) is 0 Å². The third kappa shape index (κ3) is 1.62. The van der Waals surface area contributed by atoms with E-state index in [0.29, 0.717) is 0 Å². The predicted octanol–water partition coefficient (Wildman–Crippen LogP) is 4.09. The average molecular weight is 193 g/mol. The molecule has 1 heteroatoms. The molecule has 1 fully saturated rings. The van der Waals surface area contributed by atoms with E-state index in [0.717, 1.165) is 11.3 Å². The molecule has 0 saturated carbocycles. The van der Waals surface area contributed by atoms with Gasteiger partial charge in [0.05, 0.1) is 0 Å². The van der Waals surface area contributed by atoms with Gasteiger partial charge in [-0.25, -0.2) is 0 Å². The Morgan fingerprint density at radius 3 is 2.38 bits per heavy atom. The van der Waals surface area contributed by atoms with E-state index >= 15 is 0 Å². The molecule has 0 amide bonds. The van der Waals surface area contributed by atoms with E-state index in [2.05, 4.69) is 38.5 Å². The molecule has 1 aliphatic heterocycles. The molecule has 2 rings (SSSR count). The fourth-order valence-corrected chi connectivity index (χ4v) is 5.70. The molecular formula is C12H18P. The van der Waals surface area contributed by atoms with Crippen molar-refractivity contribution in [3.8, 4) is 0 Å². The minimum Gasteiger partial charge on any atom is -0.0760 e. The van der Waals surface area contributed by atoms with Gasteiger partial charge in [-0.3, -0.25) is 0 Å². The summed E-state index contributed by atoms with van der Waals surface area (Å²) in [5.74, 6) is 0.